The molecule has 94 valence electrons. The standard InChI is InChI=1S/C13H18F2N2/c1-17(8-9-2-3-9)13(7-16)11-6-10(14)4-5-12(11)15/h4-6,9,13H,2-3,7-8,16H2,1H3. The van der Waals surface area contributed by atoms with E-state index in [9.17, 15) is 8.78 Å². The van der Waals surface area contributed by atoms with E-state index in [4.69, 9.17) is 5.73 Å². The molecule has 0 amide bonds. The predicted molar refractivity (Wildman–Crippen MR) is 63.5 cm³/mol. The van der Waals surface area contributed by atoms with Crippen LogP contribution in [0.1, 0.15) is 24.4 Å². The number of rotatable bonds is 5. The van der Waals surface area contributed by atoms with Crippen molar-refractivity contribution in [3.05, 3.63) is 35.4 Å². The quantitative estimate of drug-likeness (QED) is 0.855. The van der Waals surface area contributed by atoms with Crippen molar-refractivity contribution in [1.82, 2.24) is 4.90 Å². The van der Waals surface area contributed by atoms with E-state index in [1.165, 1.54) is 18.9 Å². The van der Waals surface area contributed by atoms with Gasteiger partial charge in [-0.1, -0.05) is 0 Å². The van der Waals surface area contributed by atoms with Crippen LogP contribution in [0.4, 0.5) is 8.78 Å². The van der Waals surface area contributed by atoms with E-state index in [-0.39, 0.29) is 11.9 Å². The van der Waals surface area contributed by atoms with Crippen molar-refractivity contribution in [3.8, 4) is 0 Å². The first-order chi connectivity index (χ1) is 8.11. The van der Waals surface area contributed by atoms with Gasteiger partial charge in [0.15, 0.2) is 0 Å². The fourth-order valence-electron chi connectivity index (χ4n) is 2.15. The molecule has 1 aromatic carbocycles. The van der Waals surface area contributed by atoms with Gasteiger partial charge in [0.05, 0.1) is 0 Å². The largest absolute Gasteiger partial charge is 0.329 e. The number of nitrogens with two attached hydrogens (primary N) is 1. The second-order valence-corrected chi connectivity index (χ2v) is 4.80. The molecule has 1 unspecified atom stereocenters. The van der Waals surface area contributed by atoms with Crippen LogP contribution in [0.15, 0.2) is 18.2 Å². The van der Waals surface area contributed by atoms with Crippen LogP contribution in [-0.2, 0) is 0 Å². The van der Waals surface area contributed by atoms with Gasteiger partial charge in [-0.05, 0) is 44.0 Å². The van der Waals surface area contributed by atoms with Gasteiger partial charge in [0.2, 0.25) is 0 Å². The lowest BCUT2D eigenvalue weighted by atomic mass is 10.0. The number of hydrogen-bond donors (Lipinski definition) is 1. The molecule has 1 atom stereocenters. The summed E-state index contributed by atoms with van der Waals surface area (Å²) in [5.74, 6) is -0.102. The van der Waals surface area contributed by atoms with Crippen LogP contribution in [0.3, 0.4) is 0 Å². The van der Waals surface area contributed by atoms with E-state index in [2.05, 4.69) is 0 Å². The zero-order chi connectivity index (χ0) is 12.4. The summed E-state index contributed by atoms with van der Waals surface area (Å²) in [4.78, 5) is 2.02. The molecule has 1 aliphatic carbocycles. The van der Waals surface area contributed by atoms with Crippen molar-refractivity contribution >= 4 is 0 Å². The van der Waals surface area contributed by atoms with Gasteiger partial charge in [0.25, 0.3) is 0 Å². The Morgan fingerprint density at radius 1 is 1.41 bits per heavy atom. The Kier molecular flexibility index (Phi) is 3.74. The molecule has 0 heterocycles. The van der Waals surface area contributed by atoms with Gasteiger partial charge in [0, 0.05) is 24.7 Å². The molecule has 0 saturated heterocycles. The summed E-state index contributed by atoms with van der Waals surface area (Å²) in [6, 6.07) is 3.30. The first-order valence-electron chi connectivity index (χ1n) is 5.97. The average Bonchev–Trinajstić information content (AvgIpc) is 3.08. The van der Waals surface area contributed by atoms with Gasteiger partial charge < -0.3 is 5.73 Å². The third kappa shape index (κ3) is 3.01. The number of likely N-dealkylation sites (N-methyl/N-ethyl adjacent to an activating group) is 1. The van der Waals surface area contributed by atoms with Crippen LogP contribution in [-0.4, -0.2) is 25.0 Å². The molecule has 1 saturated carbocycles. The van der Waals surface area contributed by atoms with E-state index in [1.807, 2.05) is 11.9 Å². The molecular formula is C13H18F2N2. The number of halogens is 2. The zero-order valence-corrected chi connectivity index (χ0v) is 10.00. The van der Waals surface area contributed by atoms with Gasteiger partial charge in [-0.2, -0.15) is 0 Å². The summed E-state index contributed by atoms with van der Waals surface area (Å²) < 4.78 is 26.8. The third-order valence-corrected chi connectivity index (χ3v) is 3.32. The van der Waals surface area contributed by atoms with Crippen LogP contribution >= 0.6 is 0 Å². The van der Waals surface area contributed by atoms with Crippen molar-refractivity contribution in [1.29, 1.82) is 0 Å². The Morgan fingerprint density at radius 3 is 2.71 bits per heavy atom. The van der Waals surface area contributed by atoms with E-state index < -0.39 is 5.82 Å². The summed E-state index contributed by atoms with van der Waals surface area (Å²) in [6.45, 7) is 1.20. The van der Waals surface area contributed by atoms with Gasteiger partial charge in [-0.15, -0.1) is 0 Å². The lowest BCUT2D eigenvalue weighted by Crippen LogP contribution is -2.32. The van der Waals surface area contributed by atoms with Crippen LogP contribution in [0.5, 0.6) is 0 Å². The fourth-order valence-corrected chi connectivity index (χ4v) is 2.15. The Morgan fingerprint density at radius 2 is 2.12 bits per heavy atom. The first-order valence-corrected chi connectivity index (χ1v) is 5.97. The molecule has 0 aliphatic heterocycles. The summed E-state index contributed by atoms with van der Waals surface area (Å²) in [5, 5.41) is 0. The molecule has 17 heavy (non-hydrogen) atoms. The molecule has 0 bridgehead atoms. The molecule has 0 radical (unpaired) electrons. The number of nitrogens with zero attached hydrogens (tertiary/aromatic N) is 1. The van der Waals surface area contributed by atoms with Crippen molar-refractivity contribution < 1.29 is 8.78 Å². The van der Waals surface area contributed by atoms with E-state index in [0.29, 0.717) is 18.0 Å². The molecule has 1 aromatic rings. The van der Waals surface area contributed by atoms with Gasteiger partial charge >= 0.3 is 0 Å². The normalized spacial score (nSPS) is 17.5. The lowest BCUT2D eigenvalue weighted by molar-refractivity contribution is 0.235. The maximum Gasteiger partial charge on any atom is 0.128 e. The molecule has 2 rings (SSSR count). The highest BCUT2D eigenvalue weighted by molar-refractivity contribution is 5.22. The van der Waals surface area contributed by atoms with E-state index in [1.54, 1.807) is 0 Å². The van der Waals surface area contributed by atoms with Crippen molar-refractivity contribution in [2.45, 2.75) is 18.9 Å². The summed E-state index contributed by atoms with van der Waals surface area (Å²) in [7, 11) is 1.92. The molecular weight excluding hydrogens is 222 g/mol. The minimum atomic E-state index is -0.417. The van der Waals surface area contributed by atoms with Crippen LogP contribution in [0, 0.1) is 17.6 Å². The second kappa shape index (κ2) is 5.10. The Hall–Kier alpha value is -1.00. The predicted octanol–water partition coefficient (Wildman–Crippen LogP) is 2.31. The van der Waals surface area contributed by atoms with E-state index in [0.717, 1.165) is 18.7 Å². The maximum atomic E-state index is 13.7. The van der Waals surface area contributed by atoms with E-state index >= 15 is 0 Å². The van der Waals surface area contributed by atoms with Gasteiger partial charge in [-0.3, -0.25) is 4.90 Å². The Balaban J connectivity index is 2.17. The molecule has 2 N–H and O–H groups in total. The lowest BCUT2D eigenvalue weighted by Gasteiger charge is -2.27. The molecule has 4 heteroatoms. The highest BCUT2D eigenvalue weighted by Crippen LogP contribution is 2.32. The molecule has 1 aliphatic rings. The number of benzene rings is 1. The molecule has 2 nitrogen and oxygen atoms in total. The van der Waals surface area contributed by atoms with Crippen LogP contribution < -0.4 is 5.73 Å². The SMILES string of the molecule is CN(CC1CC1)C(CN)c1cc(F)ccc1F. The molecule has 0 spiro atoms. The van der Waals surface area contributed by atoms with Crippen LogP contribution in [0.25, 0.3) is 0 Å². The Bertz CT molecular complexity index is 391. The minimum absolute atomic E-state index is 0.244. The van der Waals surface area contributed by atoms with Crippen molar-refractivity contribution in [2.75, 3.05) is 20.1 Å². The molecule has 0 aromatic heterocycles. The second-order valence-electron chi connectivity index (χ2n) is 4.80. The first kappa shape index (κ1) is 12.5. The Labute approximate surface area is 100 Å². The number of hydrogen-bond acceptors (Lipinski definition) is 2. The monoisotopic (exact) mass is 240 g/mol. The minimum Gasteiger partial charge on any atom is -0.329 e. The maximum absolute atomic E-state index is 13.7. The highest BCUT2D eigenvalue weighted by atomic mass is 19.1. The van der Waals surface area contributed by atoms with Crippen molar-refractivity contribution in [2.24, 2.45) is 11.7 Å². The van der Waals surface area contributed by atoms with Crippen molar-refractivity contribution in [3.63, 3.8) is 0 Å². The summed E-state index contributed by atoms with van der Waals surface area (Å²) >= 11 is 0. The highest BCUT2D eigenvalue weighted by Gasteiger charge is 2.27. The summed E-state index contributed by atoms with van der Waals surface area (Å²) in [6.07, 6.45) is 2.46. The topological polar surface area (TPSA) is 29.3 Å². The average molecular weight is 240 g/mol. The zero-order valence-electron chi connectivity index (χ0n) is 10.00. The van der Waals surface area contributed by atoms with Gasteiger partial charge in [-0.25, -0.2) is 8.78 Å². The van der Waals surface area contributed by atoms with Crippen LogP contribution in [0.2, 0.25) is 0 Å². The van der Waals surface area contributed by atoms with Gasteiger partial charge in [0.1, 0.15) is 11.6 Å². The third-order valence-electron chi connectivity index (χ3n) is 3.32. The fraction of sp³-hybridized carbons (Fsp3) is 0.538. The molecule has 1 fully saturated rings. The smallest absolute Gasteiger partial charge is 0.128 e. The summed E-state index contributed by atoms with van der Waals surface area (Å²) in [5.41, 5.74) is 6.05.